The van der Waals surface area contributed by atoms with Crippen LogP contribution in [-0.2, 0) is 0 Å². The van der Waals surface area contributed by atoms with Crippen LogP contribution in [0, 0.1) is 0 Å². The van der Waals surface area contributed by atoms with E-state index in [4.69, 9.17) is 16.8 Å². The van der Waals surface area contributed by atoms with Crippen molar-refractivity contribution in [3.63, 3.8) is 0 Å². The quantitative estimate of drug-likeness (QED) is 0.203. The predicted molar refractivity (Wildman–Crippen MR) is 187 cm³/mol. The highest BCUT2D eigenvalue weighted by molar-refractivity contribution is 7.28. The highest BCUT2D eigenvalue weighted by Crippen LogP contribution is 2.49. The van der Waals surface area contributed by atoms with Crippen LogP contribution >= 0.6 is 11.3 Å². The number of rotatable bonds is 2. The van der Waals surface area contributed by atoms with E-state index in [1.54, 1.807) is 11.3 Å². The molecule has 204 valence electrons. The highest BCUT2D eigenvalue weighted by atomic mass is 32.1. The SMILES string of the molecule is [2H]c1c([2H])c([2H])c(-c2nc3ccccc3nc2-n2c3ccccc3c3c4sc5c6ccccc6ccc5c4c4ccccc4c32)c([2H])c1[2H]. The van der Waals surface area contributed by atoms with Gasteiger partial charge in [-0.3, -0.25) is 4.57 Å². The van der Waals surface area contributed by atoms with Gasteiger partial charge in [-0.15, -0.1) is 11.3 Å². The smallest absolute Gasteiger partial charge is 0.165 e. The molecule has 0 saturated heterocycles. The Morgan fingerprint density at radius 1 is 0.545 bits per heavy atom. The fourth-order valence-electron chi connectivity index (χ4n) is 6.80. The minimum atomic E-state index is -0.448. The first-order chi connectivity index (χ1) is 23.9. The molecule has 0 aliphatic carbocycles. The maximum absolute atomic E-state index is 8.95. The summed E-state index contributed by atoms with van der Waals surface area (Å²) < 4.78 is 47.6. The van der Waals surface area contributed by atoms with Gasteiger partial charge in [-0.25, -0.2) is 9.97 Å². The number of benzene rings is 7. The van der Waals surface area contributed by atoms with Crippen LogP contribution in [0.2, 0.25) is 0 Å². The molecule has 0 N–H and O–H groups in total. The molecule has 0 fully saturated rings. The van der Waals surface area contributed by atoms with Crippen molar-refractivity contribution in [2.75, 3.05) is 0 Å². The summed E-state index contributed by atoms with van der Waals surface area (Å²) in [6.45, 7) is 0. The van der Waals surface area contributed by atoms with Gasteiger partial charge in [0.25, 0.3) is 0 Å². The first-order valence-electron chi connectivity index (χ1n) is 16.9. The van der Waals surface area contributed by atoms with Crippen LogP contribution in [-0.4, -0.2) is 14.5 Å². The maximum Gasteiger partial charge on any atom is 0.165 e. The van der Waals surface area contributed by atoms with E-state index >= 15 is 0 Å². The van der Waals surface area contributed by atoms with Gasteiger partial charge in [-0.1, -0.05) is 121 Å². The van der Waals surface area contributed by atoms with E-state index in [1.807, 2.05) is 42.5 Å². The molecular formula is C40H23N3S. The van der Waals surface area contributed by atoms with Crippen molar-refractivity contribution < 1.29 is 6.85 Å². The van der Waals surface area contributed by atoms with Crippen molar-refractivity contribution in [1.82, 2.24) is 14.5 Å². The van der Waals surface area contributed by atoms with Crippen LogP contribution in [0.4, 0.5) is 0 Å². The van der Waals surface area contributed by atoms with E-state index in [-0.39, 0.29) is 23.3 Å². The van der Waals surface area contributed by atoms with Gasteiger partial charge >= 0.3 is 0 Å². The summed E-state index contributed by atoms with van der Waals surface area (Å²) in [6, 6.07) is 35.1. The van der Waals surface area contributed by atoms with Gasteiger partial charge in [0.2, 0.25) is 0 Å². The normalized spacial score (nSPS) is 13.7. The minimum absolute atomic E-state index is 0.0175. The first-order valence-corrected chi connectivity index (χ1v) is 15.3. The monoisotopic (exact) mass is 582 g/mol. The number of aromatic nitrogens is 3. The molecule has 0 aliphatic heterocycles. The largest absolute Gasteiger partial charge is 0.291 e. The Balaban J connectivity index is 1.47. The summed E-state index contributed by atoms with van der Waals surface area (Å²) in [7, 11) is 0. The zero-order chi connectivity index (χ0) is 33.1. The third kappa shape index (κ3) is 3.20. The van der Waals surface area contributed by atoms with Gasteiger partial charge in [-0.2, -0.15) is 0 Å². The zero-order valence-corrected chi connectivity index (χ0v) is 24.0. The lowest BCUT2D eigenvalue weighted by molar-refractivity contribution is 1.08. The molecule has 0 spiro atoms. The van der Waals surface area contributed by atoms with Crippen molar-refractivity contribution in [2.45, 2.75) is 0 Å². The Hall–Kier alpha value is -5.58. The average Bonchev–Trinajstić information content (AvgIpc) is 3.70. The molecule has 0 amide bonds. The van der Waals surface area contributed by atoms with Gasteiger partial charge in [0.05, 0.1) is 28.9 Å². The lowest BCUT2D eigenvalue weighted by atomic mass is 9.98. The number of nitrogens with zero attached hydrogens (tertiary/aromatic N) is 3. The van der Waals surface area contributed by atoms with Gasteiger partial charge in [-0.05, 0) is 34.4 Å². The summed E-state index contributed by atoms with van der Waals surface area (Å²) in [5.41, 5.74) is 3.26. The molecule has 4 heteroatoms. The molecular weight excluding hydrogens is 555 g/mol. The maximum atomic E-state index is 8.95. The molecule has 0 radical (unpaired) electrons. The molecule has 7 aromatic carbocycles. The van der Waals surface area contributed by atoms with Crippen LogP contribution in [0.15, 0.2) is 139 Å². The molecule has 0 aliphatic rings. The van der Waals surface area contributed by atoms with Crippen molar-refractivity contribution in [3.8, 4) is 17.1 Å². The zero-order valence-electron chi connectivity index (χ0n) is 28.1. The number of para-hydroxylation sites is 3. The van der Waals surface area contributed by atoms with Gasteiger partial charge in [0.15, 0.2) is 5.82 Å². The van der Waals surface area contributed by atoms with Crippen LogP contribution < -0.4 is 0 Å². The van der Waals surface area contributed by atoms with Crippen molar-refractivity contribution in [2.24, 2.45) is 0 Å². The van der Waals surface area contributed by atoms with Crippen LogP contribution in [0.25, 0.3) is 91.6 Å². The Labute approximate surface area is 263 Å². The summed E-state index contributed by atoms with van der Waals surface area (Å²) in [5.74, 6) is 0.402. The standard InChI is InChI=1S/C40H23N3S/c1-2-13-25(14-3-1)36-40(42-32-20-10-9-19-31(32)41-36)43-33-21-11-8-18-29(33)35-37(43)28-17-7-6-16-27(28)34-30-23-22-24-12-4-5-15-26(24)38(30)44-39(34)35/h1-23H/i1D,2D,3D,13D,14D. The van der Waals surface area contributed by atoms with Crippen LogP contribution in [0.5, 0.6) is 0 Å². The van der Waals surface area contributed by atoms with Crippen LogP contribution in [0.3, 0.4) is 0 Å². The number of fused-ring (bicyclic) bond motifs is 13. The second-order valence-corrected chi connectivity index (χ2v) is 12.0. The van der Waals surface area contributed by atoms with Gasteiger partial charge < -0.3 is 0 Å². The number of thiophene rings is 1. The third-order valence-electron chi connectivity index (χ3n) is 8.63. The molecule has 3 heterocycles. The van der Waals surface area contributed by atoms with Crippen molar-refractivity contribution >= 4 is 85.9 Å². The van der Waals surface area contributed by atoms with Crippen molar-refractivity contribution in [1.29, 1.82) is 0 Å². The molecule has 0 saturated carbocycles. The molecule has 0 atom stereocenters. The number of hydrogen-bond donors (Lipinski definition) is 0. The summed E-state index contributed by atoms with van der Waals surface area (Å²) in [6.07, 6.45) is 0. The van der Waals surface area contributed by atoms with E-state index in [1.165, 1.54) is 26.2 Å². The van der Waals surface area contributed by atoms with Gasteiger partial charge in [0.1, 0.15) is 5.69 Å². The second-order valence-electron chi connectivity index (χ2n) is 11.0. The average molecular weight is 583 g/mol. The third-order valence-corrected chi connectivity index (χ3v) is 9.89. The van der Waals surface area contributed by atoms with Crippen LogP contribution in [0.1, 0.15) is 6.85 Å². The van der Waals surface area contributed by atoms with E-state index in [0.717, 1.165) is 37.3 Å². The Bertz CT molecular complexity index is 3040. The second kappa shape index (κ2) is 8.96. The minimum Gasteiger partial charge on any atom is -0.291 e. The van der Waals surface area contributed by atoms with Crippen molar-refractivity contribution in [3.05, 3.63) is 139 Å². The summed E-state index contributed by atoms with van der Waals surface area (Å²) in [5, 5.41) is 9.06. The molecule has 44 heavy (non-hydrogen) atoms. The molecule has 10 rings (SSSR count). The lowest BCUT2D eigenvalue weighted by Crippen LogP contribution is -2.04. The Morgan fingerprint density at radius 2 is 1.23 bits per heavy atom. The highest BCUT2D eigenvalue weighted by Gasteiger charge is 2.24. The molecule has 0 unspecified atom stereocenters. The van der Waals surface area contributed by atoms with E-state index in [0.29, 0.717) is 16.9 Å². The molecule has 10 aromatic rings. The number of hydrogen-bond acceptors (Lipinski definition) is 3. The fourth-order valence-corrected chi connectivity index (χ4v) is 8.21. The topological polar surface area (TPSA) is 30.7 Å². The molecule has 3 nitrogen and oxygen atoms in total. The van der Waals surface area contributed by atoms with E-state index in [9.17, 15) is 0 Å². The van der Waals surface area contributed by atoms with E-state index in [2.05, 4.69) is 71.3 Å². The summed E-state index contributed by atoms with van der Waals surface area (Å²) >= 11 is 1.79. The van der Waals surface area contributed by atoms with Gasteiger partial charge in [0, 0.05) is 41.9 Å². The predicted octanol–water partition coefficient (Wildman–Crippen LogP) is 11.1. The fraction of sp³-hybridized carbons (Fsp3) is 0. The summed E-state index contributed by atoms with van der Waals surface area (Å²) in [4.78, 5) is 10.2. The first kappa shape index (κ1) is 19.6. The Morgan fingerprint density at radius 3 is 2.07 bits per heavy atom. The van der Waals surface area contributed by atoms with E-state index < -0.39 is 18.1 Å². The lowest BCUT2D eigenvalue weighted by Gasteiger charge is -2.15. The molecule has 0 bridgehead atoms. The molecule has 3 aromatic heterocycles. The Kier molecular flexibility index (Phi) is 3.99.